The first-order chi connectivity index (χ1) is 9.08. The predicted octanol–water partition coefficient (Wildman–Crippen LogP) is 1.29. The largest absolute Gasteiger partial charge is 0.299 e. The molecule has 0 saturated heterocycles. The summed E-state index contributed by atoms with van der Waals surface area (Å²) in [4.78, 5) is 24.8. The van der Waals surface area contributed by atoms with Crippen molar-refractivity contribution in [2.45, 2.75) is 6.54 Å². The van der Waals surface area contributed by atoms with Crippen LogP contribution in [0.5, 0.6) is 0 Å². The van der Waals surface area contributed by atoms with E-state index in [9.17, 15) is 14.0 Å². The van der Waals surface area contributed by atoms with Crippen LogP contribution < -0.4 is 4.90 Å². The van der Waals surface area contributed by atoms with Gasteiger partial charge in [0.1, 0.15) is 5.82 Å². The molecule has 0 aliphatic carbocycles. The smallest absolute Gasteiger partial charge is 0.296 e. The first-order valence-corrected chi connectivity index (χ1v) is 5.71. The number of benzene rings is 1. The minimum absolute atomic E-state index is 0.0446. The minimum atomic E-state index is -0.717. The van der Waals surface area contributed by atoms with Crippen molar-refractivity contribution in [2.75, 3.05) is 4.90 Å². The molecule has 2 heterocycles. The minimum Gasteiger partial charge on any atom is -0.296 e. The quantitative estimate of drug-likeness (QED) is 0.764. The van der Waals surface area contributed by atoms with Crippen LogP contribution in [-0.2, 0) is 18.4 Å². The Morgan fingerprint density at radius 1 is 1.26 bits per heavy atom. The zero-order chi connectivity index (χ0) is 13.6. The molecule has 0 bridgehead atoms. The van der Waals surface area contributed by atoms with E-state index in [1.54, 1.807) is 24.0 Å². The van der Waals surface area contributed by atoms with Crippen LogP contribution in [0.15, 0.2) is 30.5 Å². The summed E-state index contributed by atoms with van der Waals surface area (Å²) >= 11 is 0. The average molecular weight is 259 g/mol. The topological polar surface area (TPSA) is 55.2 Å². The molecule has 0 spiro atoms. The number of carbonyl (C=O) groups excluding carboxylic acids is 2. The molecule has 2 aromatic rings. The van der Waals surface area contributed by atoms with E-state index in [2.05, 4.69) is 5.10 Å². The van der Waals surface area contributed by atoms with Gasteiger partial charge in [-0.15, -0.1) is 0 Å². The van der Waals surface area contributed by atoms with Crippen molar-refractivity contribution in [1.82, 2.24) is 9.78 Å². The van der Waals surface area contributed by atoms with Gasteiger partial charge in [0.2, 0.25) is 0 Å². The number of halogens is 1. The van der Waals surface area contributed by atoms with Crippen molar-refractivity contribution < 1.29 is 14.0 Å². The lowest BCUT2D eigenvalue weighted by Gasteiger charge is -2.15. The Morgan fingerprint density at radius 3 is 2.74 bits per heavy atom. The van der Waals surface area contributed by atoms with Gasteiger partial charge in [-0.3, -0.25) is 19.2 Å². The van der Waals surface area contributed by atoms with E-state index in [0.717, 1.165) is 4.90 Å². The number of Topliss-reactive ketones (excluding diaryl/α,β-unsaturated/α-hetero) is 1. The Kier molecular flexibility index (Phi) is 2.45. The molecular formula is C13H10FN3O2. The van der Waals surface area contributed by atoms with Crippen LogP contribution in [0.25, 0.3) is 0 Å². The van der Waals surface area contributed by atoms with Crippen LogP contribution in [-0.4, -0.2) is 21.5 Å². The fourth-order valence-corrected chi connectivity index (χ4v) is 2.17. The maximum absolute atomic E-state index is 13.8. The highest BCUT2D eigenvalue weighted by Gasteiger charge is 2.38. The molecule has 6 heteroatoms. The highest BCUT2D eigenvalue weighted by Crippen LogP contribution is 2.32. The van der Waals surface area contributed by atoms with Crippen LogP contribution in [0.1, 0.15) is 16.1 Å². The normalized spacial score (nSPS) is 14.1. The van der Waals surface area contributed by atoms with E-state index in [1.807, 2.05) is 0 Å². The van der Waals surface area contributed by atoms with Crippen molar-refractivity contribution in [3.8, 4) is 0 Å². The first kappa shape index (κ1) is 11.6. The molecule has 1 aliphatic rings. The summed E-state index contributed by atoms with van der Waals surface area (Å²) in [5, 5.41) is 4.13. The Labute approximate surface area is 108 Å². The molecule has 0 radical (unpaired) electrons. The molecule has 5 nitrogen and oxygen atoms in total. The van der Waals surface area contributed by atoms with Crippen LogP contribution in [0, 0.1) is 5.82 Å². The number of rotatable bonds is 2. The summed E-state index contributed by atoms with van der Waals surface area (Å²) in [7, 11) is 1.75. The van der Waals surface area contributed by atoms with Crippen LogP contribution >= 0.6 is 0 Å². The van der Waals surface area contributed by atoms with Crippen LogP contribution in [0.3, 0.4) is 0 Å². The second-order valence-electron chi connectivity index (χ2n) is 4.34. The SMILES string of the molecule is Cn1ccc(CN2C(=O)C(=O)c3cccc(F)c32)n1. The van der Waals surface area contributed by atoms with Gasteiger partial charge in [-0.1, -0.05) is 6.07 Å². The number of carbonyl (C=O) groups is 2. The van der Waals surface area contributed by atoms with Gasteiger partial charge < -0.3 is 0 Å². The Bertz CT molecular complexity index is 693. The molecule has 3 rings (SSSR count). The van der Waals surface area contributed by atoms with E-state index in [4.69, 9.17) is 0 Å². The molecule has 1 amide bonds. The molecule has 1 aromatic heterocycles. The monoisotopic (exact) mass is 259 g/mol. The summed E-state index contributed by atoms with van der Waals surface area (Å²) in [6.07, 6.45) is 1.72. The number of ketones is 1. The predicted molar refractivity (Wildman–Crippen MR) is 65.1 cm³/mol. The standard InChI is InChI=1S/C13H10FN3O2/c1-16-6-5-8(15-16)7-17-11-9(12(18)13(17)19)3-2-4-10(11)14/h2-6H,7H2,1H3. The van der Waals surface area contributed by atoms with Gasteiger partial charge in [-0.05, 0) is 18.2 Å². The van der Waals surface area contributed by atoms with Gasteiger partial charge in [0, 0.05) is 13.2 Å². The summed E-state index contributed by atoms with van der Waals surface area (Å²) in [5.74, 6) is -1.97. The zero-order valence-corrected chi connectivity index (χ0v) is 10.1. The maximum Gasteiger partial charge on any atom is 0.299 e. The van der Waals surface area contributed by atoms with Crippen molar-refractivity contribution in [3.05, 3.63) is 47.5 Å². The van der Waals surface area contributed by atoms with E-state index in [1.165, 1.54) is 18.2 Å². The first-order valence-electron chi connectivity index (χ1n) is 5.71. The highest BCUT2D eigenvalue weighted by molar-refractivity contribution is 6.52. The summed E-state index contributed by atoms with van der Waals surface area (Å²) in [5.41, 5.74) is 0.754. The highest BCUT2D eigenvalue weighted by atomic mass is 19.1. The Balaban J connectivity index is 2.04. The molecule has 0 atom stereocenters. The molecular weight excluding hydrogens is 249 g/mol. The average Bonchev–Trinajstić information content (AvgIpc) is 2.89. The molecule has 96 valence electrons. The molecule has 1 aliphatic heterocycles. The second kappa shape index (κ2) is 4.01. The third-order valence-corrected chi connectivity index (χ3v) is 3.03. The van der Waals surface area contributed by atoms with Gasteiger partial charge in [0.15, 0.2) is 0 Å². The van der Waals surface area contributed by atoms with Crippen LogP contribution in [0.2, 0.25) is 0 Å². The number of amides is 1. The fraction of sp³-hybridized carbons (Fsp3) is 0.154. The molecule has 0 N–H and O–H groups in total. The number of aromatic nitrogens is 2. The van der Waals surface area contributed by atoms with Gasteiger partial charge in [0.25, 0.3) is 11.7 Å². The molecule has 1 aromatic carbocycles. The van der Waals surface area contributed by atoms with Gasteiger partial charge in [-0.2, -0.15) is 5.10 Å². The number of nitrogens with zero attached hydrogens (tertiary/aromatic N) is 3. The zero-order valence-electron chi connectivity index (χ0n) is 10.1. The van der Waals surface area contributed by atoms with Crippen molar-refractivity contribution in [1.29, 1.82) is 0 Å². The lowest BCUT2D eigenvalue weighted by Crippen LogP contribution is -2.29. The van der Waals surface area contributed by atoms with Gasteiger partial charge in [-0.25, -0.2) is 4.39 Å². The number of anilines is 1. The number of hydrogen-bond acceptors (Lipinski definition) is 3. The van der Waals surface area contributed by atoms with E-state index < -0.39 is 17.5 Å². The second-order valence-corrected chi connectivity index (χ2v) is 4.34. The van der Waals surface area contributed by atoms with E-state index in [-0.39, 0.29) is 17.8 Å². The summed E-state index contributed by atoms with van der Waals surface area (Å²) in [6.45, 7) is 0.0827. The van der Waals surface area contributed by atoms with E-state index >= 15 is 0 Å². The number of hydrogen-bond donors (Lipinski definition) is 0. The number of para-hydroxylation sites is 1. The Morgan fingerprint density at radius 2 is 2.05 bits per heavy atom. The van der Waals surface area contributed by atoms with Gasteiger partial charge in [0.05, 0.1) is 23.5 Å². The number of aryl methyl sites for hydroxylation is 1. The lowest BCUT2D eigenvalue weighted by molar-refractivity contribution is -0.114. The third kappa shape index (κ3) is 1.72. The molecule has 19 heavy (non-hydrogen) atoms. The number of fused-ring (bicyclic) bond motifs is 1. The van der Waals surface area contributed by atoms with E-state index in [0.29, 0.717) is 5.69 Å². The molecule has 0 fully saturated rings. The molecule has 0 unspecified atom stereocenters. The van der Waals surface area contributed by atoms with Gasteiger partial charge >= 0.3 is 0 Å². The summed E-state index contributed by atoms with van der Waals surface area (Å²) < 4.78 is 15.4. The van der Waals surface area contributed by atoms with Crippen LogP contribution in [0.4, 0.5) is 10.1 Å². The van der Waals surface area contributed by atoms with Crippen molar-refractivity contribution >= 4 is 17.4 Å². The third-order valence-electron chi connectivity index (χ3n) is 3.03. The Hall–Kier alpha value is -2.50. The maximum atomic E-state index is 13.8. The van der Waals surface area contributed by atoms with Crippen molar-refractivity contribution in [2.24, 2.45) is 7.05 Å². The summed E-state index contributed by atoms with van der Waals surface area (Å²) in [6, 6.07) is 5.83. The fourth-order valence-electron chi connectivity index (χ4n) is 2.17. The van der Waals surface area contributed by atoms with Crippen molar-refractivity contribution in [3.63, 3.8) is 0 Å². The lowest BCUT2D eigenvalue weighted by atomic mass is 10.1. The molecule has 0 saturated carbocycles.